The lowest BCUT2D eigenvalue weighted by atomic mass is 10.2. The van der Waals surface area contributed by atoms with E-state index in [-0.39, 0.29) is 0 Å². The van der Waals surface area contributed by atoms with Gasteiger partial charge in [-0.3, -0.25) is 0 Å². The fourth-order valence-electron chi connectivity index (χ4n) is 1.94. The van der Waals surface area contributed by atoms with Crippen molar-refractivity contribution in [1.82, 2.24) is 5.32 Å². The van der Waals surface area contributed by atoms with E-state index in [9.17, 15) is 0 Å². The molecule has 1 heterocycles. The molecule has 102 valence electrons. The van der Waals surface area contributed by atoms with Crippen LogP contribution in [0.3, 0.4) is 0 Å². The maximum absolute atomic E-state index is 5.57. The molecule has 3 nitrogen and oxygen atoms in total. The zero-order valence-corrected chi connectivity index (χ0v) is 12.1. The van der Waals surface area contributed by atoms with Crippen LogP contribution in [0.4, 0.5) is 0 Å². The molecule has 1 aromatic carbocycles. The van der Waals surface area contributed by atoms with Crippen molar-refractivity contribution in [2.24, 2.45) is 0 Å². The Balaban J connectivity index is 2.00. The molecule has 0 aliphatic heterocycles. The molecule has 19 heavy (non-hydrogen) atoms. The molecule has 2 aromatic rings. The Morgan fingerprint density at radius 2 is 2.11 bits per heavy atom. The Hall–Kier alpha value is -1.52. The van der Waals surface area contributed by atoms with Gasteiger partial charge in [0, 0.05) is 18.7 Å². The molecule has 1 N–H and O–H groups in total. The summed E-state index contributed by atoms with van der Waals surface area (Å²) in [4.78, 5) is 0. The first-order valence-electron chi connectivity index (χ1n) is 6.35. The lowest BCUT2D eigenvalue weighted by Gasteiger charge is -2.14. The molecule has 0 aliphatic carbocycles. The second-order valence-electron chi connectivity index (χ2n) is 4.12. The topological polar surface area (TPSA) is 30.5 Å². The first-order valence-corrected chi connectivity index (χ1v) is 7.30. The van der Waals surface area contributed by atoms with Crippen LogP contribution in [-0.2, 0) is 13.1 Å². The van der Waals surface area contributed by atoms with E-state index < -0.39 is 0 Å². The summed E-state index contributed by atoms with van der Waals surface area (Å²) in [6.07, 6.45) is 0. The van der Waals surface area contributed by atoms with Gasteiger partial charge in [0.15, 0.2) is 11.5 Å². The van der Waals surface area contributed by atoms with Crippen LogP contribution in [0.5, 0.6) is 11.5 Å². The van der Waals surface area contributed by atoms with Gasteiger partial charge in [-0.05, 0) is 35.4 Å². The molecule has 0 spiro atoms. The highest BCUT2D eigenvalue weighted by molar-refractivity contribution is 7.07. The van der Waals surface area contributed by atoms with Gasteiger partial charge in [0.1, 0.15) is 0 Å². The Morgan fingerprint density at radius 3 is 2.79 bits per heavy atom. The Morgan fingerprint density at radius 1 is 1.21 bits per heavy atom. The Bertz CT molecular complexity index is 497. The average molecular weight is 277 g/mol. The third-order valence-corrected chi connectivity index (χ3v) is 3.52. The Kier molecular flexibility index (Phi) is 5.24. The standard InChI is InChI=1S/C15H19NO2S/c1-3-18-14-6-4-5-13(15(14)17-2)10-16-9-12-7-8-19-11-12/h4-8,11,16H,3,9-10H2,1-2H3. The lowest BCUT2D eigenvalue weighted by Crippen LogP contribution is -2.13. The average Bonchev–Trinajstić information content (AvgIpc) is 2.93. The zero-order valence-electron chi connectivity index (χ0n) is 11.3. The predicted octanol–water partition coefficient (Wildman–Crippen LogP) is 3.45. The highest BCUT2D eigenvalue weighted by atomic mass is 32.1. The van der Waals surface area contributed by atoms with E-state index in [0.717, 1.165) is 30.2 Å². The summed E-state index contributed by atoms with van der Waals surface area (Å²) < 4.78 is 11.0. The maximum atomic E-state index is 5.57. The molecule has 0 fully saturated rings. The third-order valence-electron chi connectivity index (χ3n) is 2.79. The van der Waals surface area contributed by atoms with Gasteiger partial charge in [-0.25, -0.2) is 0 Å². The van der Waals surface area contributed by atoms with Crippen molar-refractivity contribution < 1.29 is 9.47 Å². The number of hydrogen-bond acceptors (Lipinski definition) is 4. The summed E-state index contributed by atoms with van der Waals surface area (Å²) in [6, 6.07) is 8.12. The molecule has 0 amide bonds. The molecule has 0 unspecified atom stereocenters. The highest BCUT2D eigenvalue weighted by Crippen LogP contribution is 2.30. The van der Waals surface area contributed by atoms with E-state index in [0.29, 0.717) is 6.61 Å². The molecule has 2 rings (SSSR count). The van der Waals surface area contributed by atoms with Crippen LogP contribution in [0.15, 0.2) is 35.0 Å². The minimum Gasteiger partial charge on any atom is -0.493 e. The van der Waals surface area contributed by atoms with Crippen molar-refractivity contribution >= 4 is 11.3 Å². The van der Waals surface area contributed by atoms with Crippen LogP contribution in [0, 0.1) is 0 Å². The summed E-state index contributed by atoms with van der Waals surface area (Å²) in [7, 11) is 1.68. The highest BCUT2D eigenvalue weighted by Gasteiger charge is 2.09. The van der Waals surface area contributed by atoms with Gasteiger partial charge >= 0.3 is 0 Å². The van der Waals surface area contributed by atoms with E-state index in [4.69, 9.17) is 9.47 Å². The van der Waals surface area contributed by atoms with Gasteiger partial charge in [-0.15, -0.1) is 0 Å². The van der Waals surface area contributed by atoms with Crippen LogP contribution in [0.2, 0.25) is 0 Å². The van der Waals surface area contributed by atoms with Gasteiger partial charge in [-0.2, -0.15) is 11.3 Å². The minimum absolute atomic E-state index is 0.641. The second kappa shape index (κ2) is 7.16. The van der Waals surface area contributed by atoms with Gasteiger partial charge in [-0.1, -0.05) is 12.1 Å². The van der Waals surface area contributed by atoms with E-state index in [1.807, 2.05) is 19.1 Å². The molecule has 0 bridgehead atoms. The summed E-state index contributed by atoms with van der Waals surface area (Å²) in [5, 5.41) is 7.66. The molecule has 0 aliphatic rings. The molecular formula is C15H19NO2S. The van der Waals surface area contributed by atoms with Crippen LogP contribution in [0.25, 0.3) is 0 Å². The third kappa shape index (κ3) is 3.72. The lowest BCUT2D eigenvalue weighted by molar-refractivity contribution is 0.308. The Labute approximate surface area is 118 Å². The van der Waals surface area contributed by atoms with E-state index in [2.05, 4.69) is 28.2 Å². The number of para-hydroxylation sites is 1. The SMILES string of the molecule is CCOc1cccc(CNCc2ccsc2)c1OC. The van der Waals surface area contributed by atoms with Crippen LogP contribution in [-0.4, -0.2) is 13.7 Å². The van der Waals surface area contributed by atoms with Gasteiger partial charge in [0.2, 0.25) is 0 Å². The van der Waals surface area contributed by atoms with Gasteiger partial charge in [0.05, 0.1) is 13.7 Å². The fraction of sp³-hybridized carbons (Fsp3) is 0.333. The molecule has 0 atom stereocenters. The van der Waals surface area contributed by atoms with Crippen molar-refractivity contribution in [3.63, 3.8) is 0 Å². The second-order valence-corrected chi connectivity index (χ2v) is 4.90. The monoisotopic (exact) mass is 277 g/mol. The van der Waals surface area contributed by atoms with Crippen LogP contribution < -0.4 is 14.8 Å². The van der Waals surface area contributed by atoms with Crippen LogP contribution >= 0.6 is 11.3 Å². The summed E-state index contributed by atoms with van der Waals surface area (Å²) >= 11 is 1.72. The number of rotatable bonds is 7. The fourth-order valence-corrected chi connectivity index (χ4v) is 2.60. The maximum Gasteiger partial charge on any atom is 0.165 e. The summed E-state index contributed by atoms with van der Waals surface area (Å²) in [5.41, 5.74) is 2.42. The number of ether oxygens (including phenoxy) is 2. The predicted molar refractivity (Wildman–Crippen MR) is 79.0 cm³/mol. The van der Waals surface area contributed by atoms with Gasteiger partial charge in [0.25, 0.3) is 0 Å². The van der Waals surface area contributed by atoms with Gasteiger partial charge < -0.3 is 14.8 Å². The molecule has 0 saturated heterocycles. The number of benzene rings is 1. The molecule has 0 saturated carbocycles. The van der Waals surface area contributed by atoms with E-state index in [1.165, 1.54) is 5.56 Å². The van der Waals surface area contributed by atoms with Crippen molar-refractivity contribution in [2.75, 3.05) is 13.7 Å². The smallest absolute Gasteiger partial charge is 0.165 e. The minimum atomic E-state index is 0.641. The largest absolute Gasteiger partial charge is 0.493 e. The molecule has 4 heteroatoms. The molecule has 1 aromatic heterocycles. The zero-order chi connectivity index (χ0) is 13.5. The first kappa shape index (κ1) is 13.9. The van der Waals surface area contributed by atoms with E-state index in [1.54, 1.807) is 18.4 Å². The van der Waals surface area contributed by atoms with Crippen molar-refractivity contribution in [2.45, 2.75) is 20.0 Å². The summed E-state index contributed by atoms with van der Waals surface area (Å²) in [6.45, 7) is 4.24. The first-order chi connectivity index (χ1) is 9.35. The number of nitrogens with one attached hydrogen (secondary N) is 1. The van der Waals surface area contributed by atoms with Crippen molar-refractivity contribution in [3.8, 4) is 11.5 Å². The molecular weight excluding hydrogens is 258 g/mol. The van der Waals surface area contributed by atoms with E-state index >= 15 is 0 Å². The van der Waals surface area contributed by atoms with Crippen LogP contribution in [0.1, 0.15) is 18.1 Å². The normalized spacial score (nSPS) is 10.4. The van der Waals surface area contributed by atoms with Crippen molar-refractivity contribution in [1.29, 1.82) is 0 Å². The molecule has 0 radical (unpaired) electrons. The summed E-state index contributed by atoms with van der Waals surface area (Å²) in [5.74, 6) is 1.63. The number of hydrogen-bond donors (Lipinski definition) is 1. The van der Waals surface area contributed by atoms with Crippen molar-refractivity contribution in [3.05, 3.63) is 46.2 Å². The quantitative estimate of drug-likeness (QED) is 0.841. The number of methoxy groups -OCH3 is 1. The number of thiophene rings is 1.